The monoisotopic (exact) mass is 313 g/mol. The molecule has 0 aliphatic rings. The first-order valence-electron chi connectivity index (χ1n) is 6.78. The fourth-order valence-electron chi connectivity index (χ4n) is 1.63. The molecule has 1 amide bonds. The number of hydrogen-bond donors (Lipinski definition) is 2. The molecule has 0 heterocycles. The third kappa shape index (κ3) is 12.2. The largest absolute Gasteiger partial charge is 0.481 e. The first-order valence-corrected chi connectivity index (χ1v) is 6.78. The van der Waals surface area contributed by atoms with Gasteiger partial charge in [-0.15, -0.1) is 0 Å². The molecule has 21 heavy (non-hydrogen) atoms. The fourth-order valence-corrected chi connectivity index (χ4v) is 1.63. The summed E-state index contributed by atoms with van der Waals surface area (Å²) < 4.78 is 39.7. The number of rotatable bonds is 10. The standard InChI is InChI=1S/C13H22F3NO4/c1-9(12(19)20)4-3-5-10(2)17-11(18)6-7-21-8-13(14,15)16/h9-10H,3-8H2,1-2H3,(H,17,18)(H,19,20). The van der Waals surface area contributed by atoms with Gasteiger partial charge in [0.1, 0.15) is 6.61 Å². The number of carboxylic acids is 1. The van der Waals surface area contributed by atoms with Crippen molar-refractivity contribution in [2.45, 2.75) is 51.7 Å². The Kier molecular flexibility index (Phi) is 9.00. The summed E-state index contributed by atoms with van der Waals surface area (Å²) in [6.45, 7) is 1.74. The van der Waals surface area contributed by atoms with Crippen LogP contribution in [-0.2, 0) is 14.3 Å². The second-order valence-corrected chi connectivity index (χ2v) is 5.06. The molecule has 0 rings (SSSR count). The van der Waals surface area contributed by atoms with Crippen molar-refractivity contribution in [2.24, 2.45) is 5.92 Å². The smallest absolute Gasteiger partial charge is 0.411 e. The Hall–Kier alpha value is -1.31. The van der Waals surface area contributed by atoms with E-state index in [-0.39, 0.29) is 25.0 Å². The Morgan fingerprint density at radius 3 is 2.38 bits per heavy atom. The van der Waals surface area contributed by atoms with Gasteiger partial charge >= 0.3 is 12.1 Å². The number of alkyl halides is 3. The normalized spacial score (nSPS) is 14.5. The van der Waals surface area contributed by atoms with Crippen LogP contribution in [0, 0.1) is 5.92 Å². The van der Waals surface area contributed by atoms with Gasteiger partial charge in [0.05, 0.1) is 12.5 Å². The maximum Gasteiger partial charge on any atom is 0.411 e. The van der Waals surface area contributed by atoms with Crippen LogP contribution in [0.25, 0.3) is 0 Å². The van der Waals surface area contributed by atoms with E-state index in [2.05, 4.69) is 10.1 Å². The average Bonchev–Trinajstić information content (AvgIpc) is 2.33. The summed E-state index contributed by atoms with van der Waals surface area (Å²) in [5.41, 5.74) is 0. The molecule has 0 saturated heterocycles. The van der Waals surface area contributed by atoms with Gasteiger partial charge in [-0.1, -0.05) is 13.3 Å². The minimum atomic E-state index is -4.38. The molecule has 0 spiro atoms. The molecule has 0 aromatic carbocycles. The third-order valence-corrected chi connectivity index (χ3v) is 2.84. The molecular weight excluding hydrogens is 291 g/mol. The Labute approximate surface area is 121 Å². The van der Waals surface area contributed by atoms with E-state index in [1.54, 1.807) is 13.8 Å². The quantitative estimate of drug-likeness (QED) is 0.607. The van der Waals surface area contributed by atoms with Gasteiger partial charge < -0.3 is 15.2 Å². The molecule has 2 unspecified atom stereocenters. The molecule has 0 fully saturated rings. The highest BCUT2D eigenvalue weighted by Gasteiger charge is 2.27. The third-order valence-electron chi connectivity index (χ3n) is 2.84. The zero-order chi connectivity index (χ0) is 16.5. The van der Waals surface area contributed by atoms with Gasteiger partial charge in [-0.25, -0.2) is 0 Å². The summed E-state index contributed by atoms with van der Waals surface area (Å²) in [7, 11) is 0. The number of ether oxygens (including phenoxy) is 1. The molecule has 8 heteroatoms. The lowest BCUT2D eigenvalue weighted by atomic mass is 10.0. The Bertz CT molecular complexity index is 334. The lowest BCUT2D eigenvalue weighted by molar-refractivity contribution is -0.174. The minimum Gasteiger partial charge on any atom is -0.481 e. The van der Waals surface area contributed by atoms with Gasteiger partial charge in [0.15, 0.2) is 0 Å². The van der Waals surface area contributed by atoms with Gasteiger partial charge in [0.2, 0.25) is 5.91 Å². The second-order valence-electron chi connectivity index (χ2n) is 5.06. The molecular formula is C13H22F3NO4. The van der Waals surface area contributed by atoms with E-state index in [1.807, 2.05) is 0 Å². The Balaban J connectivity index is 3.68. The zero-order valence-electron chi connectivity index (χ0n) is 12.2. The number of aliphatic carboxylic acids is 1. The zero-order valence-corrected chi connectivity index (χ0v) is 12.2. The fraction of sp³-hybridized carbons (Fsp3) is 0.846. The van der Waals surface area contributed by atoms with Crippen molar-refractivity contribution in [3.63, 3.8) is 0 Å². The van der Waals surface area contributed by atoms with E-state index >= 15 is 0 Å². The first kappa shape index (κ1) is 19.7. The van der Waals surface area contributed by atoms with E-state index < -0.39 is 24.7 Å². The molecule has 0 saturated carbocycles. The summed E-state index contributed by atoms with van der Waals surface area (Å²) >= 11 is 0. The maximum absolute atomic E-state index is 11.8. The number of nitrogens with one attached hydrogen (secondary N) is 1. The summed E-state index contributed by atoms with van der Waals surface area (Å²) in [6.07, 6.45) is -2.73. The van der Waals surface area contributed by atoms with Crippen LogP contribution in [0.1, 0.15) is 39.5 Å². The predicted octanol–water partition coefficient (Wildman–Crippen LogP) is 2.35. The molecule has 0 aromatic heterocycles. The highest BCUT2D eigenvalue weighted by Crippen LogP contribution is 2.14. The molecule has 2 N–H and O–H groups in total. The van der Waals surface area contributed by atoms with Crippen molar-refractivity contribution < 1.29 is 32.6 Å². The van der Waals surface area contributed by atoms with Crippen molar-refractivity contribution in [2.75, 3.05) is 13.2 Å². The lowest BCUT2D eigenvalue weighted by Crippen LogP contribution is -2.33. The number of amides is 1. The number of carbonyl (C=O) groups is 2. The molecule has 0 aliphatic carbocycles. The predicted molar refractivity (Wildman–Crippen MR) is 69.7 cm³/mol. The lowest BCUT2D eigenvalue weighted by Gasteiger charge is -2.15. The second kappa shape index (κ2) is 9.59. The molecule has 0 radical (unpaired) electrons. The van der Waals surface area contributed by atoms with Crippen LogP contribution in [-0.4, -0.2) is 42.4 Å². The number of hydrogen-bond acceptors (Lipinski definition) is 3. The van der Waals surface area contributed by atoms with Crippen molar-refractivity contribution in [1.29, 1.82) is 0 Å². The molecule has 0 aliphatic heterocycles. The van der Waals surface area contributed by atoms with Crippen molar-refractivity contribution >= 4 is 11.9 Å². The van der Waals surface area contributed by atoms with Gasteiger partial charge in [0.25, 0.3) is 0 Å². The average molecular weight is 313 g/mol. The number of halogens is 3. The maximum atomic E-state index is 11.8. The topological polar surface area (TPSA) is 75.6 Å². The van der Waals surface area contributed by atoms with E-state index in [0.29, 0.717) is 19.3 Å². The van der Waals surface area contributed by atoms with Crippen LogP contribution in [0.4, 0.5) is 13.2 Å². The molecule has 124 valence electrons. The molecule has 0 bridgehead atoms. The van der Waals surface area contributed by atoms with Crippen LogP contribution in [0.3, 0.4) is 0 Å². The molecule has 0 aromatic rings. The number of carbonyl (C=O) groups excluding carboxylic acids is 1. The van der Waals surface area contributed by atoms with E-state index in [0.717, 1.165) is 0 Å². The van der Waals surface area contributed by atoms with E-state index in [9.17, 15) is 22.8 Å². The van der Waals surface area contributed by atoms with Gasteiger partial charge in [-0.05, 0) is 19.8 Å². The highest BCUT2D eigenvalue weighted by atomic mass is 19.4. The highest BCUT2D eigenvalue weighted by molar-refractivity contribution is 5.76. The van der Waals surface area contributed by atoms with Crippen molar-refractivity contribution in [3.8, 4) is 0 Å². The van der Waals surface area contributed by atoms with Crippen LogP contribution in [0.5, 0.6) is 0 Å². The van der Waals surface area contributed by atoms with Crippen molar-refractivity contribution in [3.05, 3.63) is 0 Å². The summed E-state index contributed by atoms with van der Waals surface area (Å²) in [5, 5.41) is 11.3. The molecule has 5 nitrogen and oxygen atoms in total. The first-order chi connectivity index (χ1) is 9.61. The van der Waals surface area contributed by atoms with Gasteiger partial charge in [0, 0.05) is 12.5 Å². The SMILES string of the molecule is CC(CCCC(C)C(=O)O)NC(=O)CCOCC(F)(F)F. The van der Waals surface area contributed by atoms with Crippen LogP contribution < -0.4 is 5.32 Å². The number of carboxylic acid groups (broad SMARTS) is 1. The van der Waals surface area contributed by atoms with Crippen LogP contribution in [0.15, 0.2) is 0 Å². The van der Waals surface area contributed by atoms with Gasteiger partial charge in [-0.3, -0.25) is 9.59 Å². The van der Waals surface area contributed by atoms with Gasteiger partial charge in [-0.2, -0.15) is 13.2 Å². The van der Waals surface area contributed by atoms with Crippen LogP contribution >= 0.6 is 0 Å². The van der Waals surface area contributed by atoms with Crippen molar-refractivity contribution in [1.82, 2.24) is 5.32 Å². The summed E-state index contributed by atoms with van der Waals surface area (Å²) in [4.78, 5) is 22.0. The Morgan fingerprint density at radius 1 is 1.24 bits per heavy atom. The molecule has 2 atom stereocenters. The van der Waals surface area contributed by atoms with Crippen LogP contribution in [0.2, 0.25) is 0 Å². The van der Waals surface area contributed by atoms with E-state index in [1.165, 1.54) is 0 Å². The summed E-state index contributed by atoms with van der Waals surface area (Å²) in [5.74, 6) is -1.66. The minimum absolute atomic E-state index is 0.133. The van der Waals surface area contributed by atoms with E-state index in [4.69, 9.17) is 5.11 Å². The summed E-state index contributed by atoms with van der Waals surface area (Å²) in [6, 6.07) is -0.152. The Morgan fingerprint density at radius 2 is 1.86 bits per heavy atom.